The maximum atomic E-state index is 12.6. The van der Waals surface area contributed by atoms with Gasteiger partial charge in [0, 0.05) is 12.4 Å². The number of halogens is 3. The number of nitrogens with zero attached hydrogens (tertiary/aromatic N) is 1. The minimum Gasteiger partial charge on any atom is -0.479 e. The summed E-state index contributed by atoms with van der Waals surface area (Å²) >= 11 is 0. The van der Waals surface area contributed by atoms with Crippen molar-refractivity contribution in [1.82, 2.24) is 10.3 Å². The van der Waals surface area contributed by atoms with E-state index in [0.29, 0.717) is 12.5 Å². The van der Waals surface area contributed by atoms with Crippen LogP contribution in [0.2, 0.25) is 0 Å². The summed E-state index contributed by atoms with van der Waals surface area (Å²) in [4.78, 5) is 25.9. The van der Waals surface area contributed by atoms with Gasteiger partial charge in [-0.2, -0.15) is 13.2 Å². The third kappa shape index (κ3) is 3.43. The molecule has 0 saturated carbocycles. The lowest BCUT2D eigenvalue weighted by Crippen LogP contribution is -2.62. The lowest BCUT2D eigenvalue weighted by Gasteiger charge is -2.28. The molecule has 0 fully saturated rings. The van der Waals surface area contributed by atoms with Crippen LogP contribution in [0.15, 0.2) is 24.5 Å². The van der Waals surface area contributed by atoms with Crippen LogP contribution >= 0.6 is 0 Å². The zero-order chi connectivity index (χ0) is 14.7. The number of aliphatic carboxylic acids is 1. The van der Waals surface area contributed by atoms with E-state index in [9.17, 15) is 22.8 Å². The number of rotatable bonds is 4. The van der Waals surface area contributed by atoms with Gasteiger partial charge in [0.2, 0.25) is 11.4 Å². The van der Waals surface area contributed by atoms with Gasteiger partial charge in [0.15, 0.2) is 0 Å². The van der Waals surface area contributed by atoms with E-state index in [2.05, 4.69) is 4.98 Å². The molecule has 1 amide bonds. The zero-order valence-electron chi connectivity index (χ0n) is 9.86. The van der Waals surface area contributed by atoms with Crippen molar-refractivity contribution >= 4 is 11.9 Å². The Kier molecular flexibility index (Phi) is 4.13. The molecule has 1 unspecified atom stereocenters. The summed E-state index contributed by atoms with van der Waals surface area (Å²) in [5.41, 5.74) is -2.93. The molecule has 8 heteroatoms. The number of carbonyl (C=O) groups excluding carboxylic acids is 1. The van der Waals surface area contributed by atoms with Crippen molar-refractivity contribution in [3.05, 3.63) is 30.1 Å². The second-order valence-corrected chi connectivity index (χ2v) is 4.01. The van der Waals surface area contributed by atoms with Crippen molar-refractivity contribution in [1.29, 1.82) is 0 Å². The number of amides is 1. The number of nitrogens with one attached hydrogen (secondary N) is 1. The number of carboxylic acid groups (broad SMARTS) is 1. The van der Waals surface area contributed by atoms with Crippen LogP contribution in [0.5, 0.6) is 0 Å². The standard InChI is InChI=1S/C11H11F3N2O3/c1-10(9(18)19,11(12,13)14)16-8(17)5-7-3-2-4-15-6-7/h2-4,6H,5H2,1H3,(H,16,17)(H,18,19). The molecule has 1 rings (SSSR count). The second-order valence-electron chi connectivity index (χ2n) is 4.01. The largest absolute Gasteiger partial charge is 0.479 e. The predicted octanol–water partition coefficient (Wildman–Crippen LogP) is 1.15. The summed E-state index contributed by atoms with van der Waals surface area (Å²) in [6, 6.07) is 3.01. The normalized spacial score (nSPS) is 14.5. The average molecular weight is 276 g/mol. The maximum absolute atomic E-state index is 12.6. The number of alkyl halides is 3. The second kappa shape index (κ2) is 5.25. The highest BCUT2D eigenvalue weighted by Gasteiger charge is 2.58. The van der Waals surface area contributed by atoms with Crippen LogP contribution in [0.4, 0.5) is 13.2 Å². The Morgan fingerprint density at radius 2 is 2.05 bits per heavy atom. The van der Waals surface area contributed by atoms with E-state index in [1.807, 2.05) is 0 Å². The fourth-order valence-corrected chi connectivity index (χ4v) is 1.26. The molecular weight excluding hydrogens is 265 g/mol. The van der Waals surface area contributed by atoms with Crippen LogP contribution in [0.25, 0.3) is 0 Å². The molecule has 0 aliphatic carbocycles. The quantitative estimate of drug-likeness (QED) is 0.864. The molecule has 0 aromatic carbocycles. The topological polar surface area (TPSA) is 79.3 Å². The Bertz CT molecular complexity index is 476. The zero-order valence-corrected chi connectivity index (χ0v) is 9.86. The molecule has 19 heavy (non-hydrogen) atoms. The van der Waals surface area contributed by atoms with Crippen molar-refractivity contribution in [3.8, 4) is 0 Å². The first kappa shape index (κ1) is 14.9. The lowest BCUT2D eigenvalue weighted by atomic mass is 10.0. The molecule has 0 saturated heterocycles. The van der Waals surface area contributed by atoms with Gasteiger partial charge in [-0.25, -0.2) is 4.79 Å². The minimum absolute atomic E-state index is 0.382. The van der Waals surface area contributed by atoms with Crippen molar-refractivity contribution in [2.75, 3.05) is 0 Å². The van der Waals surface area contributed by atoms with E-state index in [0.717, 1.165) is 0 Å². The van der Waals surface area contributed by atoms with Crippen molar-refractivity contribution in [2.24, 2.45) is 0 Å². The lowest BCUT2D eigenvalue weighted by molar-refractivity contribution is -0.206. The van der Waals surface area contributed by atoms with Gasteiger partial charge in [0.05, 0.1) is 6.42 Å². The van der Waals surface area contributed by atoms with Gasteiger partial charge in [-0.1, -0.05) is 6.07 Å². The molecule has 104 valence electrons. The summed E-state index contributed by atoms with van der Waals surface area (Å²) in [5, 5.41) is 10.1. The number of carboxylic acids is 1. The molecule has 2 N–H and O–H groups in total. The first-order valence-electron chi connectivity index (χ1n) is 5.17. The van der Waals surface area contributed by atoms with Crippen LogP contribution in [0, 0.1) is 0 Å². The highest BCUT2D eigenvalue weighted by atomic mass is 19.4. The van der Waals surface area contributed by atoms with E-state index in [4.69, 9.17) is 5.11 Å². The van der Waals surface area contributed by atoms with E-state index in [1.165, 1.54) is 29.8 Å². The summed E-state index contributed by atoms with van der Waals surface area (Å²) < 4.78 is 37.9. The highest BCUT2D eigenvalue weighted by Crippen LogP contribution is 2.30. The Labute approximate surface area is 106 Å². The Morgan fingerprint density at radius 3 is 2.47 bits per heavy atom. The van der Waals surface area contributed by atoms with Crippen molar-refractivity contribution in [3.63, 3.8) is 0 Å². The van der Waals surface area contributed by atoms with Gasteiger partial charge in [-0.15, -0.1) is 0 Å². The highest BCUT2D eigenvalue weighted by molar-refractivity contribution is 5.88. The van der Waals surface area contributed by atoms with Crippen LogP contribution < -0.4 is 5.32 Å². The van der Waals surface area contributed by atoms with E-state index in [-0.39, 0.29) is 6.42 Å². The Hall–Kier alpha value is -2.12. The van der Waals surface area contributed by atoms with Gasteiger partial charge < -0.3 is 10.4 Å². The smallest absolute Gasteiger partial charge is 0.422 e. The average Bonchev–Trinajstić information content (AvgIpc) is 2.28. The van der Waals surface area contributed by atoms with Crippen LogP contribution in [-0.2, 0) is 16.0 Å². The third-order valence-electron chi connectivity index (χ3n) is 2.47. The van der Waals surface area contributed by atoms with E-state index in [1.54, 1.807) is 0 Å². The van der Waals surface area contributed by atoms with Gasteiger partial charge in [-0.3, -0.25) is 9.78 Å². The number of hydrogen-bond acceptors (Lipinski definition) is 3. The fraction of sp³-hybridized carbons (Fsp3) is 0.364. The third-order valence-corrected chi connectivity index (χ3v) is 2.47. The summed E-state index contributed by atoms with van der Waals surface area (Å²) in [7, 11) is 0. The van der Waals surface area contributed by atoms with E-state index < -0.39 is 23.6 Å². The molecule has 1 heterocycles. The summed E-state index contributed by atoms with van der Waals surface area (Å²) in [6.45, 7) is 0.399. The minimum atomic E-state index is -5.09. The molecule has 0 radical (unpaired) electrons. The molecule has 0 aliphatic heterocycles. The molecule has 0 spiro atoms. The summed E-state index contributed by atoms with van der Waals surface area (Å²) in [6.07, 6.45) is -2.72. The fourth-order valence-electron chi connectivity index (χ4n) is 1.26. The SMILES string of the molecule is CC(NC(=O)Cc1cccnc1)(C(=O)O)C(F)(F)F. The van der Waals surface area contributed by atoms with E-state index >= 15 is 0 Å². The van der Waals surface area contributed by atoms with Gasteiger partial charge >= 0.3 is 12.1 Å². The first-order valence-corrected chi connectivity index (χ1v) is 5.17. The van der Waals surface area contributed by atoms with Crippen molar-refractivity contribution < 1.29 is 27.9 Å². The van der Waals surface area contributed by atoms with Crippen molar-refractivity contribution in [2.45, 2.75) is 25.1 Å². The molecular formula is C11H11F3N2O3. The van der Waals surface area contributed by atoms with Gasteiger partial charge in [-0.05, 0) is 18.6 Å². The molecule has 1 aromatic heterocycles. The maximum Gasteiger partial charge on any atom is 0.422 e. The molecule has 1 aromatic rings. The van der Waals surface area contributed by atoms with Gasteiger partial charge in [0.1, 0.15) is 0 Å². The number of aromatic nitrogens is 1. The Balaban J connectivity index is 2.82. The van der Waals surface area contributed by atoms with Crippen LogP contribution in [0.1, 0.15) is 12.5 Å². The van der Waals surface area contributed by atoms with Crippen LogP contribution in [-0.4, -0.2) is 33.7 Å². The predicted molar refractivity (Wildman–Crippen MR) is 58.2 cm³/mol. The Morgan fingerprint density at radius 1 is 1.42 bits per heavy atom. The first-order chi connectivity index (χ1) is 8.67. The van der Waals surface area contributed by atoms with Crippen LogP contribution in [0.3, 0.4) is 0 Å². The van der Waals surface area contributed by atoms with Gasteiger partial charge in [0.25, 0.3) is 0 Å². The summed E-state index contributed by atoms with van der Waals surface area (Å²) in [5.74, 6) is -3.21. The number of carbonyl (C=O) groups is 2. The molecule has 0 bridgehead atoms. The number of pyridine rings is 1. The number of hydrogen-bond donors (Lipinski definition) is 2. The molecule has 0 aliphatic rings. The monoisotopic (exact) mass is 276 g/mol. The molecule has 1 atom stereocenters. The molecule has 5 nitrogen and oxygen atoms in total.